The number of terminal acetylenes is 1. The topological polar surface area (TPSA) is 63.2 Å². The molecule has 4 nitrogen and oxygen atoms in total. The SMILES string of the molecule is C#CC[C@H](NC(=O)c1cccc(CS(C)(=O)=O)c1)c1ccccc1. The van der Waals surface area contributed by atoms with Gasteiger partial charge in [-0.15, -0.1) is 12.3 Å². The number of hydrogen-bond donors (Lipinski definition) is 1. The van der Waals surface area contributed by atoms with E-state index in [0.717, 1.165) is 11.8 Å². The fourth-order valence-corrected chi connectivity index (χ4v) is 3.19. The molecular formula is C19H19NO3S. The van der Waals surface area contributed by atoms with E-state index in [4.69, 9.17) is 6.42 Å². The van der Waals surface area contributed by atoms with E-state index in [2.05, 4.69) is 11.2 Å². The van der Waals surface area contributed by atoms with Crippen molar-refractivity contribution in [2.24, 2.45) is 0 Å². The predicted octanol–water partition coefficient (Wildman–Crippen LogP) is 2.73. The Kier molecular flexibility index (Phi) is 5.78. The van der Waals surface area contributed by atoms with Gasteiger partial charge in [0.25, 0.3) is 5.91 Å². The number of benzene rings is 2. The van der Waals surface area contributed by atoms with Crippen molar-refractivity contribution in [1.82, 2.24) is 5.32 Å². The molecule has 1 amide bonds. The summed E-state index contributed by atoms with van der Waals surface area (Å²) in [7, 11) is -3.15. The molecule has 0 aliphatic carbocycles. The largest absolute Gasteiger partial charge is 0.344 e. The molecule has 24 heavy (non-hydrogen) atoms. The Morgan fingerprint density at radius 2 is 1.88 bits per heavy atom. The Morgan fingerprint density at radius 3 is 2.50 bits per heavy atom. The summed E-state index contributed by atoms with van der Waals surface area (Å²) < 4.78 is 22.8. The lowest BCUT2D eigenvalue weighted by molar-refractivity contribution is 0.0937. The van der Waals surface area contributed by atoms with E-state index in [0.29, 0.717) is 17.5 Å². The van der Waals surface area contributed by atoms with E-state index in [-0.39, 0.29) is 17.7 Å². The molecule has 1 N–H and O–H groups in total. The summed E-state index contributed by atoms with van der Waals surface area (Å²) in [6, 6.07) is 15.8. The lowest BCUT2D eigenvalue weighted by Crippen LogP contribution is -2.28. The summed E-state index contributed by atoms with van der Waals surface area (Å²) >= 11 is 0. The predicted molar refractivity (Wildman–Crippen MR) is 95.1 cm³/mol. The van der Waals surface area contributed by atoms with E-state index in [1.54, 1.807) is 24.3 Å². The molecule has 0 aliphatic rings. The van der Waals surface area contributed by atoms with Crippen molar-refractivity contribution >= 4 is 15.7 Å². The molecule has 2 rings (SSSR count). The number of carbonyl (C=O) groups is 1. The molecule has 5 heteroatoms. The summed E-state index contributed by atoms with van der Waals surface area (Å²) in [6.07, 6.45) is 6.95. The minimum Gasteiger partial charge on any atom is -0.344 e. The number of amides is 1. The molecular weight excluding hydrogens is 322 g/mol. The monoisotopic (exact) mass is 341 g/mol. The maximum absolute atomic E-state index is 12.5. The fourth-order valence-electron chi connectivity index (χ4n) is 2.40. The molecule has 1 atom stereocenters. The van der Waals surface area contributed by atoms with Crippen molar-refractivity contribution in [3.05, 3.63) is 71.3 Å². The highest BCUT2D eigenvalue weighted by molar-refractivity contribution is 7.89. The zero-order chi connectivity index (χ0) is 17.6. The van der Waals surface area contributed by atoms with Crippen LogP contribution >= 0.6 is 0 Å². The average molecular weight is 341 g/mol. The van der Waals surface area contributed by atoms with Gasteiger partial charge in [0, 0.05) is 18.2 Å². The van der Waals surface area contributed by atoms with Crippen molar-refractivity contribution in [2.75, 3.05) is 6.26 Å². The lowest BCUT2D eigenvalue weighted by Gasteiger charge is -2.17. The van der Waals surface area contributed by atoms with E-state index >= 15 is 0 Å². The third-order valence-electron chi connectivity index (χ3n) is 3.45. The van der Waals surface area contributed by atoms with Crippen LogP contribution < -0.4 is 5.32 Å². The van der Waals surface area contributed by atoms with Crippen molar-refractivity contribution in [3.63, 3.8) is 0 Å². The van der Waals surface area contributed by atoms with Crippen LogP contribution in [0, 0.1) is 12.3 Å². The lowest BCUT2D eigenvalue weighted by atomic mass is 10.0. The Bertz CT molecular complexity index is 852. The summed E-state index contributed by atoms with van der Waals surface area (Å²) in [5, 5.41) is 2.91. The van der Waals surface area contributed by atoms with E-state index in [9.17, 15) is 13.2 Å². The third-order valence-corrected chi connectivity index (χ3v) is 4.30. The van der Waals surface area contributed by atoms with Crippen LogP contribution in [-0.4, -0.2) is 20.6 Å². The van der Waals surface area contributed by atoms with E-state index in [1.807, 2.05) is 30.3 Å². The first-order chi connectivity index (χ1) is 11.4. The van der Waals surface area contributed by atoms with Gasteiger partial charge in [-0.2, -0.15) is 0 Å². The van der Waals surface area contributed by atoms with Gasteiger partial charge in [-0.3, -0.25) is 4.79 Å². The normalized spacial score (nSPS) is 12.2. The second-order valence-corrected chi connectivity index (χ2v) is 7.76. The van der Waals surface area contributed by atoms with Gasteiger partial charge in [0.05, 0.1) is 11.8 Å². The standard InChI is InChI=1S/C19H19NO3S/c1-3-8-18(16-10-5-4-6-11-16)20-19(21)17-12-7-9-15(13-17)14-24(2,22)23/h1,4-7,9-13,18H,8,14H2,2H3,(H,20,21)/t18-/m0/s1. The molecule has 0 heterocycles. The number of rotatable bonds is 6. The third kappa shape index (κ3) is 5.25. The highest BCUT2D eigenvalue weighted by Gasteiger charge is 2.15. The van der Waals surface area contributed by atoms with Crippen molar-refractivity contribution in [2.45, 2.75) is 18.2 Å². The Labute approximate surface area is 142 Å². The van der Waals surface area contributed by atoms with Gasteiger partial charge in [-0.1, -0.05) is 42.5 Å². The summed E-state index contributed by atoms with van der Waals surface area (Å²) in [4.78, 5) is 12.5. The zero-order valence-corrected chi connectivity index (χ0v) is 14.2. The summed E-state index contributed by atoms with van der Waals surface area (Å²) in [6.45, 7) is 0. The number of carbonyl (C=O) groups excluding carboxylic acids is 1. The van der Waals surface area contributed by atoms with Gasteiger partial charge < -0.3 is 5.32 Å². The average Bonchev–Trinajstić information content (AvgIpc) is 2.54. The first-order valence-electron chi connectivity index (χ1n) is 7.45. The van der Waals surface area contributed by atoms with Crippen LogP contribution in [0.25, 0.3) is 0 Å². The number of nitrogens with one attached hydrogen (secondary N) is 1. The van der Waals surface area contributed by atoms with E-state index in [1.165, 1.54) is 0 Å². The van der Waals surface area contributed by atoms with Crippen LogP contribution in [0.1, 0.15) is 33.9 Å². The number of sulfone groups is 1. The minimum atomic E-state index is -3.15. The molecule has 0 spiro atoms. The van der Waals surface area contributed by atoms with Crippen LogP contribution in [0.4, 0.5) is 0 Å². The molecule has 0 saturated heterocycles. The van der Waals surface area contributed by atoms with Gasteiger partial charge in [0.15, 0.2) is 9.84 Å². The highest BCUT2D eigenvalue weighted by atomic mass is 32.2. The van der Waals surface area contributed by atoms with Crippen LogP contribution in [-0.2, 0) is 15.6 Å². The molecule has 0 aliphatic heterocycles. The molecule has 0 fully saturated rings. The van der Waals surface area contributed by atoms with Crippen LogP contribution in [0.5, 0.6) is 0 Å². The van der Waals surface area contributed by atoms with Gasteiger partial charge in [0.2, 0.25) is 0 Å². The molecule has 0 bridgehead atoms. The van der Waals surface area contributed by atoms with Crippen molar-refractivity contribution in [3.8, 4) is 12.3 Å². The maximum Gasteiger partial charge on any atom is 0.251 e. The minimum absolute atomic E-state index is 0.0966. The molecule has 124 valence electrons. The van der Waals surface area contributed by atoms with Crippen LogP contribution in [0.3, 0.4) is 0 Å². The van der Waals surface area contributed by atoms with Crippen molar-refractivity contribution in [1.29, 1.82) is 0 Å². The molecule has 2 aromatic rings. The van der Waals surface area contributed by atoms with Crippen LogP contribution in [0.2, 0.25) is 0 Å². The molecule has 0 saturated carbocycles. The number of hydrogen-bond acceptors (Lipinski definition) is 3. The smallest absolute Gasteiger partial charge is 0.251 e. The Hall–Kier alpha value is -2.58. The van der Waals surface area contributed by atoms with E-state index < -0.39 is 9.84 Å². The van der Waals surface area contributed by atoms with Gasteiger partial charge in [-0.05, 0) is 23.3 Å². The molecule has 2 aromatic carbocycles. The van der Waals surface area contributed by atoms with Gasteiger partial charge in [-0.25, -0.2) is 8.42 Å². The molecule has 0 radical (unpaired) electrons. The quantitative estimate of drug-likeness (QED) is 0.822. The second-order valence-electron chi connectivity index (χ2n) is 5.62. The Morgan fingerprint density at radius 1 is 1.17 bits per heavy atom. The molecule has 0 aromatic heterocycles. The van der Waals surface area contributed by atoms with Gasteiger partial charge >= 0.3 is 0 Å². The van der Waals surface area contributed by atoms with Gasteiger partial charge in [0.1, 0.15) is 0 Å². The first kappa shape index (κ1) is 17.8. The second kappa shape index (κ2) is 7.80. The summed E-state index contributed by atoms with van der Waals surface area (Å²) in [5.41, 5.74) is 1.92. The fraction of sp³-hybridized carbons (Fsp3) is 0.211. The highest BCUT2D eigenvalue weighted by Crippen LogP contribution is 2.17. The zero-order valence-electron chi connectivity index (χ0n) is 13.4. The van der Waals surface area contributed by atoms with Crippen LogP contribution in [0.15, 0.2) is 54.6 Å². The van der Waals surface area contributed by atoms with Crippen molar-refractivity contribution < 1.29 is 13.2 Å². The molecule has 0 unspecified atom stereocenters. The summed E-state index contributed by atoms with van der Waals surface area (Å²) in [5.74, 6) is 2.19. The Balaban J connectivity index is 2.19. The maximum atomic E-state index is 12.5. The first-order valence-corrected chi connectivity index (χ1v) is 9.51.